The van der Waals surface area contributed by atoms with E-state index in [1.54, 1.807) is 4.90 Å². The Hall–Kier alpha value is -1.59. The molecular weight excluding hydrogens is 314 g/mol. The van der Waals surface area contributed by atoms with Gasteiger partial charge in [-0.3, -0.25) is 4.90 Å². The highest BCUT2D eigenvalue weighted by atomic mass is 16.3. The van der Waals surface area contributed by atoms with E-state index in [2.05, 4.69) is 48.3 Å². The van der Waals surface area contributed by atoms with Crippen molar-refractivity contribution in [2.75, 3.05) is 26.2 Å². The number of urea groups is 1. The van der Waals surface area contributed by atoms with Gasteiger partial charge in [-0.15, -0.1) is 0 Å². The molecule has 0 aromatic heterocycles. The van der Waals surface area contributed by atoms with Crippen LogP contribution in [0.2, 0.25) is 0 Å². The van der Waals surface area contributed by atoms with Crippen LogP contribution in [-0.2, 0) is 6.54 Å². The van der Waals surface area contributed by atoms with Crippen molar-refractivity contribution < 1.29 is 9.90 Å². The lowest BCUT2D eigenvalue weighted by Crippen LogP contribution is -2.58. The Morgan fingerprint density at radius 1 is 1.16 bits per heavy atom. The third-order valence-corrected chi connectivity index (χ3v) is 5.54. The number of amides is 2. The fourth-order valence-electron chi connectivity index (χ4n) is 4.31. The van der Waals surface area contributed by atoms with Gasteiger partial charge in [0.2, 0.25) is 0 Å². The zero-order valence-electron chi connectivity index (χ0n) is 15.4. The van der Waals surface area contributed by atoms with Gasteiger partial charge in [0.15, 0.2) is 0 Å². The molecule has 3 atom stereocenters. The Bertz CT molecular complexity index is 553. The molecular formula is C20H31N3O2. The number of β-amino-alcohol motifs (C(OH)–C–C–N with tert-alkyl or cyclic N) is 1. The van der Waals surface area contributed by atoms with Gasteiger partial charge in [-0.2, -0.15) is 0 Å². The average molecular weight is 345 g/mol. The lowest BCUT2D eigenvalue weighted by molar-refractivity contribution is 0.0705. The van der Waals surface area contributed by atoms with Crippen molar-refractivity contribution >= 4 is 6.03 Å². The van der Waals surface area contributed by atoms with E-state index in [4.69, 9.17) is 0 Å². The number of carbonyl (C=O) groups excluding carboxylic acids is 1. The van der Waals surface area contributed by atoms with Crippen LogP contribution in [-0.4, -0.2) is 59.3 Å². The Morgan fingerprint density at radius 3 is 2.48 bits per heavy atom. The van der Waals surface area contributed by atoms with E-state index < -0.39 is 0 Å². The normalized spacial score (nSPS) is 30.9. The van der Waals surface area contributed by atoms with E-state index in [0.29, 0.717) is 18.4 Å². The van der Waals surface area contributed by atoms with E-state index >= 15 is 0 Å². The second kappa shape index (κ2) is 8.19. The fourth-order valence-corrected chi connectivity index (χ4v) is 4.31. The van der Waals surface area contributed by atoms with Gasteiger partial charge in [0.1, 0.15) is 0 Å². The third-order valence-electron chi connectivity index (χ3n) is 5.54. The number of nitrogens with zero attached hydrogens (tertiary/aromatic N) is 2. The smallest absolute Gasteiger partial charge is 0.317 e. The number of likely N-dealkylation sites (tertiary alicyclic amines) is 2. The molecule has 2 heterocycles. The minimum Gasteiger partial charge on any atom is -0.391 e. The lowest BCUT2D eigenvalue weighted by atomic mass is 9.85. The predicted molar refractivity (Wildman–Crippen MR) is 99.2 cm³/mol. The first-order valence-corrected chi connectivity index (χ1v) is 9.52. The summed E-state index contributed by atoms with van der Waals surface area (Å²) in [5, 5.41) is 13.0. The lowest BCUT2D eigenvalue weighted by Gasteiger charge is -2.43. The summed E-state index contributed by atoms with van der Waals surface area (Å²) in [6.07, 6.45) is 1.31. The van der Waals surface area contributed by atoms with Crippen LogP contribution >= 0.6 is 0 Å². The molecule has 0 radical (unpaired) electrons. The highest BCUT2D eigenvalue weighted by Gasteiger charge is 2.34. The second-order valence-corrected chi connectivity index (χ2v) is 7.85. The molecule has 25 heavy (non-hydrogen) atoms. The van der Waals surface area contributed by atoms with Crippen LogP contribution in [0.25, 0.3) is 0 Å². The van der Waals surface area contributed by atoms with Crippen molar-refractivity contribution in [3.63, 3.8) is 0 Å². The number of hydrogen-bond donors (Lipinski definition) is 2. The van der Waals surface area contributed by atoms with E-state index in [1.807, 2.05) is 6.07 Å². The van der Waals surface area contributed by atoms with Crippen LogP contribution < -0.4 is 5.32 Å². The Kier molecular flexibility index (Phi) is 5.97. The van der Waals surface area contributed by atoms with Crippen LogP contribution in [0.4, 0.5) is 4.79 Å². The Labute approximate surface area is 151 Å². The molecule has 2 fully saturated rings. The number of aliphatic hydroxyl groups is 1. The van der Waals surface area contributed by atoms with E-state index in [9.17, 15) is 9.90 Å². The average Bonchev–Trinajstić information content (AvgIpc) is 2.59. The molecule has 3 unspecified atom stereocenters. The quantitative estimate of drug-likeness (QED) is 0.884. The summed E-state index contributed by atoms with van der Waals surface area (Å²) in [5.41, 5.74) is 1.34. The number of aliphatic hydroxyl groups excluding tert-OH is 1. The molecule has 5 nitrogen and oxygen atoms in total. The van der Waals surface area contributed by atoms with Gasteiger partial charge < -0.3 is 15.3 Å². The molecule has 0 saturated carbocycles. The van der Waals surface area contributed by atoms with Crippen molar-refractivity contribution in [1.29, 1.82) is 0 Å². The van der Waals surface area contributed by atoms with Crippen LogP contribution in [0, 0.1) is 11.8 Å². The molecule has 138 valence electrons. The summed E-state index contributed by atoms with van der Waals surface area (Å²) in [7, 11) is 0. The fraction of sp³-hybridized carbons (Fsp3) is 0.650. The van der Waals surface area contributed by atoms with Crippen molar-refractivity contribution in [2.45, 2.75) is 45.4 Å². The minimum atomic E-state index is -0.373. The summed E-state index contributed by atoms with van der Waals surface area (Å²) in [4.78, 5) is 16.8. The number of benzene rings is 1. The third kappa shape index (κ3) is 4.73. The van der Waals surface area contributed by atoms with Gasteiger partial charge in [0.25, 0.3) is 0 Å². The molecule has 5 heteroatoms. The van der Waals surface area contributed by atoms with Crippen LogP contribution in [0.15, 0.2) is 30.3 Å². The van der Waals surface area contributed by atoms with Crippen molar-refractivity contribution in [1.82, 2.24) is 15.1 Å². The summed E-state index contributed by atoms with van der Waals surface area (Å²) < 4.78 is 0. The number of rotatable bonds is 3. The topological polar surface area (TPSA) is 55.8 Å². The number of hydrogen-bond acceptors (Lipinski definition) is 3. The van der Waals surface area contributed by atoms with Gasteiger partial charge in [-0.1, -0.05) is 44.2 Å². The molecule has 3 rings (SSSR count). The first-order valence-electron chi connectivity index (χ1n) is 9.52. The zero-order chi connectivity index (χ0) is 17.8. The maximum Gasteiger partial charge on any atom is 0.317 e. The number of nitrogens with one attached hydrogen (secondary N) is 1. The van der Waals surface area contributed by atoms with Gasteiger partial charge in [-0.05, 0) is 30.2 Å². The molecule has 0 bridgehead atoms. The predicted octanol–water partition coefficient (Wildman–Crippen LogP) is 2.31. The van der Waals surface area contributed by atoms with Crippen LogP contribution in [0.3, 0.4) is 0 Å². The second-order valence-electron chi connectivity index (χ2n) is 7.85. The monoisotopic (exact) mass is 345 g/mol. The molecule has 2 aliphatic rings. The van der Waals surface area contributed by atoms with E-state index in [0.717, 1.165) is 39.0 Å². The van der Waals surface area contributed by atoms with Gasteiger partial charge in [0, 0.05) is 38.8 Å². The number of piperidine rings is 2. The SMILES string of the molecule is CC1CN(Cc2ccccc2)CC(C)C1NC(=O)N1CCCC(O)C1. The first-order chi connectivity index (χ1) is 12.0. The molecule has 0 aliphatic carbocycles. The summed E-state index contributed by atoms with van der Waals surface area (Å²) in [5.74, 6) is 0.817. The van der Waals surface area contributed by atoms with Crippen molar-refractivity contribution in [3.05, 3.63) is 35.9 Å². The van der Waals surface area contributed by atoms with Gasteiger partial charge in [0.05, 0.1) is 6.10 Å². The molecule has 2 saturated heterocycles. The van der Waals surface area contributed by atoms with Crippen molar-refractivity contribution in [2.24, 2.45) is 11.8 Å². The standard InChI is InChI=1S/C20H31N3O2/c1-15-11-22(13-17-7-4-3-5-8-17)12-16(2)19(15)21-20(25)23-10-6-9-18(24)14-23/h3-5,7-8,15-16,18-19,24H,6,9-14H2,1-2H3,(H,21,25). The molecule has 2 aliphatic heterocycles. The minimum absolute atomic E-state index is 0.0149. The van der Waals surface area contributed by atoms with Crippen LogP contribution in [0.5, 0.6) is 0 Å². The Morgan fingerprint density at radius 2 is 1.84 bits per heavy atom. The largest absolute Gasteiger partial charge is 0.391 e. The number of carbonyl (C=O) groups is 1. The highest BCUT2D eigenvalue weighted by molar-refractivity contribution is 5.74. The van der Waals surface area contributed by atoms with E-state index in [1.165, 1.54) is 5.56 Å². The van der Waals surface area contributed by atoms with Gasteiger partial charge in [-0.25, -0.2) is 4.79 Å². The first kappa shape index (κ1) is 18.2. The van der Waals surface area contributed by atoms with Crippen LogP contribution in [0.1, 0.15) is 32.3 Å². The Balaban J connectivity index is 1.54. The van der Waals surface area contributed by atoms with E-state index in [-0.39, 0.29) is 18.2 Å². The highest BCUT2D eigenvalue weighted by Crippen LogP contribution is 2.24. The maximum atomic E-state index is 12.6. The van der Waals surface area contributed by atoms with Crippen molar-refractivity contribution in [3.8, 4) is 0 Å². The molecule has 0 spiro atoms. The summed E-state index contributed by atoms with van der Waals surface area (Å²) in [6.45, 7) is 8.61. The maximum absolute atomic E-state index is 12.6. The molecule has 2 amide bonds. The summed E-state index contributed by atoms with van der Waals surface area (Å²) >= 11 is 0. The van der Waals surface area contributed by atoms with Gasteiger partial charge >= 0.3 is 6.03 Å². The summed E-state index contributed by atoms with van der Waals surface area (Å²) in [6, 6.07) is 10.7. The molecule has 2 N–H and O–H groups in total. The molecule has 1 aromatic carbocycles. The zero-order valence-corrected chi connectivity index (χ0v) is 15.4. The molecule has 1 aromatic rings.